The number of carbonyl (C=O) groups excluding carboxylic acids is 2. The number of benzene rings is 1. The van der Waals surface area contributed by atoms with E-state index in [0.29, 0.717) is 17.1 Å². The number of carbonyl (C=O) groups is 2. The largest absolute Gasteiger partial charge is 0.475 e. The first-order valence-corrected chi connectivity index (χ1v) is 10.7. The molecule has 0 radical (unpaired) electrons. The Hall–Kier alpha value is -2.30. The van der Waals surface area contributed by atoms with Crippen LogP contribution in [0.25, 0.3) is 0 Å². The molecular formula is C18H17FNO9P. The van der Waals surface area contributed by atoms with Crippen LogP contribution >= 0.6 is 7.82 Å². The Kier molecular flexibility index (Phi) is 4.87. The molecule has 1 aromatic rings. The molecule has 0 N–H and O–H groups in total. The molecule has 5 rings (SSSR count). The highest BCUT2D eigenvalue weighted by atomic mass is 31.2. The van der Waals surface area contributed by atoms with Crippen LogP contribution in [0, 0.1) is 0 Å². The second-order valence-electron chi connectivity index (χ2n) is 7.09. The van der Waals surface area contributed by atoms with Gasteiger partial charge in [0.25, 0.3) is 0 Å². The van der Waals surface area contributed by atoms with Gasteiger partial charge in [-0.25, -0.2) is 8.96 Å². The third-order valence-electron chi connectivity index (χ3n) is 5.10. The van der Waals surface area contributed by atoms with Gasteiger partial charge in [-0.3, -0.25) is 28.1 Å². The molecule has 0 aromatic heterocycles. The Morgan fingerprint density at radius 1 is 1.20 bits per heavy atom. The topological polar surface area (TPSA) is 110 Å². The van der Waals surface area contributed by atoms with Gasteiger partial charge in [0.2, 0.25) is 18.5 Å². The predicted molar refractivity (Wildman–Crippen MR) is 94.7 cm³/mol. The number of ether oxygens (including phenoxy) is 3. The van der Waals surface area contributed by atoms with Gasteiger partial charge in [-0.1, -0.05) is 6.07 Å². The van der Waals surface area contributed by atoms with Gasteiger partial charge in [0.05, 0.1) is 19.6 Å². The van der Waals surface area contributed by atoms with E-state index in [9.17, 15) is 18.5 Å². The molecule has 1 amide bonds. The highest BCUT2D eigenvalue weighted by Crippen LogP contribution is 2.56. The summed E-state index contributed by atoms with van der Waals surface area (Å²) >= 11 is 0. The molecule has 10 nitrogen and oxygen atoms in total. The number of ketones is 1. The maximum absolute atomic E-state index is 13.6. The van der Waals surface area contributed by atoms with Crippen molar-refractivity contribution in [2.45, 2.75) is 37.9 Å². The van der Waals surface area contributed by atoms with Gasteiger partial charge in [-0.05, 0) is 17.7 Å². The third kappa shape index (κ3) is 3.63. The Balaban J connectivity index is 1.22. The van der Waals surface area contributed by atoms with Gasteiger partial charge < -0.3 is 14.2 Å². The summed E-state index contributed by atoms with van der Waals surface area (Å²) in [4.78, 5) is 24.4. The van der Waals surface area contributed by atoms with Gasteiger partial charge in [-0.2, -0.15) is 0 Å². The van der Waals surface area contributed by atoms with Crippen LogP contribution in [0.4, 0.5) is 4.39 Å². The van der Waals surface area contributed by atoms with E-state index in [0.717, 1.165) is 11.1 Å². The first kappa shape index (κ1) is 19.7. The van der Waals surface area contributed by atoms with Crippen molar-refractivity contribution in [3.8, 4) is 11.5 Å². The van der Waals surface area contributed by atoms with Crippen molar-refractivity contribution < 1.29 is 46.3 Å². The predicted octanol–water partition coefficient (Wildman–Crippen LogP) is 2.18. The Bertz CT molecular complexity index is 982. The van der Waals surface area contributed by atoms with Gasteiger partial charge in [-0.15, -0.1) is 0 Å². The van der Waals surface area contributed by atoms with Crippen molar-refractivity contribution in [1.82, 2.24) is 4.90 Å². The van der Waals surface area contributed by atoms with E-state index in [2.05, 4.69) is 0 Å². The molecule has 4 aliphatic rings. The van der Waals surface area contributed by atoms with E-state index in [1.165, 1.54) is 0 Å². The smallest absolute Gasteiger partial charge is 0.454 e. The van der Waals surface area contributed by atoms with E-state index in [4.69, 9.17) is 27.8 Å². The van der Waals surface area contributed by atoms with Crippen molar-refractivity contribution in [2.75, 3.05) is 13.4 Å². The molecular weight excluding hydrogens is 424 g/mol. The fraction of sp³-hybridized carbons (Fsp3) is 0.444. The molecule has 1 aromatic carbocycles. The number of amides is 1. The minimum atomic E-state index is -3.87. The van der Waals surface area contributed by atoms with Crippen LogP contribution in [-0.2, 0) is 39.1 Å². The molecule has 160 valence electrons. The molecule has 0 aliphatic carbocycles. The molecule has 30 heavy (non-hydrogen) atoms. The van der Waals surface area contributed by atoms with Crippen molar-refractivity contribution in [3.63, 3.8) is 0 Å². The molecule has 2 fully saturated rings. The van der Waals surface area contributed by atoms with Crippen molar-refractivity contribution in [3.05, 3.63) is 35.8 Å². The highest BCUT2D eigenvalue weighted by molar-refractivity contribution is 7.48. The number of hydrogen-bond acceptors (Lipinski definition) is 9. The Labute approximate surface area is 170 Å². The van der Waals surface area contributed by atoms with Crippen LogP contribution in [0.3, 0.4) is 0 Å². The normalized spacial score (nSPS) is 32.9. The second-order valence-corrected chi connectivity index (χ2v) is 8.71. The molecule has 0 bridgehead atoms. The van der Waals surface area contributed by atoms with Gasteiger partial charge in [0, 0.05) is 12.6 Å². The van der Waals surface area contributed by atoms with Gasteiger partial charge >= 0.3 is 7.82 Å². The Morgan fingerprint density at radius 2 is 2.03 bits per heavy atom. The lowest BCUT2D eigenvalue weighted by Gasteiger charge is -2.30. The lowest BCUT2D eigenvalue weighted by atomic mass is 10.1. The van der Waals surface area contributed by atoms with Gasteiger partial charge in [0.1, 0.15) is 18.4 Å². The zero-order valence-corrected chi connectivity index (χ0v) is 16.4. The zero-order chi connectivity index (χ0) is 20.9. The lowest BCUT2D eigenvalue weighted by Crippen LogP contribution is -2.40. The first-order chi connectivity index (χ1) is 14.4. The van der Waals surface area contributed by atoms with E-state index in [1.807, 2.05) is 0 Å². The summed E-state index contributed by atoms with van der Waals surface area (Å²) in [5.74, 6) is -1.27. The minimum absolute atomic E-state index is 0.0454. The number of Topliss-reactive ketones (excluding diaryl/α,β-unsaturated/α-hetero) is 1. The quantitative estimate of drug-likeness (QED) is 0.513. The fourth-order valence-electron chi connectivity index (χ4n) is 3.57. The fourth-order valence-corrected chi connectivity index (χ4v) is 4.95. The molecule has 12 heteroatoms. The third-order valence-corrected chi connectivity index (χ3v) is 6.54. The summed E-state index contributed by atoms with van der Waals surface area (Å²) in [7, 11) is -3.87. The summed E-state index contributed by atoms with van der Waals surface area (Å²) in [6.07, 6.45) is -1.73. The van der Waals surface area contributed by atoms with Crippen molar-refractivity contribution in [2.24, 2.45) is 0 Å². The molecule has 1 unspecified atom stereocenters. The molecule has 0 saturated carbocycles. The van der Waals surface area contributed by atoms with Crippen LogP contribution in [0.15, 0.2) is 30.2 Å². The maximum atomic E-state index is 13.6. The first-order valence-electron chi connectivity index (χ1n) is 9.23. The number of hydrogen-bond donors (Lipinski definition) is 0. The van der Waals surface area contributed by atoms with E-state index < -0.39 is 50.2 Å². The zero-order valence-electron chi connectivity index (χ0n) is 15.5. The maximum Gasteiger partial charge on any atom is 0.475 e. The van der Waals surface area contributed by atoms with E-state index in [1.54, 1.807) is 18.2 Å². The SMILES string of the molecule is O=C1CC(=O)N([C@H]2C[C@@H]3OP(=O)(OCc4ccc5c(c4)OCO5)OC[C@H]3O2)C=C1F. The Morgan fingerprint density at radius 3 is 2.90 bits per heavy atom. The number of phosphoric ester groups is 1. The summed E-state index contributed by atoms with van der Waals surface area (Å²) in [5.41, 5.74) is 0.688. The van der Waals surface area contributed by atoms with Crippen molar-refractivity contribution >= 4 is 19.5 Å². The average molecular weight is 441 g/mol. The summed E-state index contributed by atoms with van der Waals surface area (Å²) in [5, 5.41) is 0. The second kappa shape index (κ2) is 7.44. The number of fused-ring (bicyclic) bond motifs is 2. The summed E-state index contributed by atoms with van der Waals surface area (Å²) < 4.78 is 58.9. The summed E-state index contributed by atoms with van der Waals surface area (Å²) in [6, 6.07) is 5.17. The highest BCUT2D eigenvalue weighted by Gasteiger charge is 2.49. The summed E-state index contributed by atoms with van der Waals surface area (Å²) in [6.45, 7) is 0.0182. The number of halogens is 1. The van der Waals surface area contributed by atoms with Crippen LogP contribution in [-0.4, -0.2) is 48.4 Å². The average Bonchev–Trinajstić information content (AvgIpc) is 3.35. The van der Waals surface area contributed by atoms with Crippen LogP contribution < -0.4 is 9.47 Å². The molecule has 0 spiro atoms. The molecule has 4 atom stereocenters. The van der Waals surface area contributed by atoms with E-state index in [-0.39, 0.29) is 26.4 Å². The standard InChI is InChI=1S/C18H17FNO9P/c19-11-6-20(17(22)4-12(11)21)18-5-15-16(28-18)8-27-30(23,29-15)26-7-10-1-2-13-14(3-10)25-9-24-13/h1-3,6,15-16,18H,4-5,7-9H2/t15-,16+,18+,30?/m0/s1. The minimum Gasteiger partial charge on any atom is -0.454 e. The number of allylic oxidation sites excluding steroid dienone is 1. The van der Waals surface area contributed by atoms with Crippen LogP contribution in [0.5, 0.6) is 11.5 Å². The molecule has 4 heterocycles. The molecule has 2 saturated heterocycles. The number of nitrogens with zero attached hydrogens (tertiary/aromatic N) is 1. The van der Waals surface area contributed by atoms with Crippen LogP contribution in [0.2, 0.25) is 0 Å². The van der Waals surface area contributed by atoms with Crippen LogP contribution in [0.1, 0.15) is 18.4 Å². The lowest BCUT2D eigenvalue weighted by molar-refractivity contribution is -0.146. The monoisotopic (exact) mass is 441 g/mol. The number of rotatable bonds is 4. The van der Waals surface area contributed by atoms with Gasteiger partial charge in [0.15, 0.2) is 17.3 Å². The molecule has 4 aliphatic heterocycles. The van der Waals surface area contributed by atoms with Crippen molar-refractivity contribution in [1.29, 1.82) is 0 Å². The van der Waals surface area contributed by atoms with E-state index >= 15 is 0 Å². The number of phosphoric acid groups is 1.